The number of amides is 1. The van der Waals surface area contributed by atoms with Crippen LogP contribution in [-0.2, 0) is 4.79 Å². The molecule has 2 aliphatic rings. The number of piperidine rings is 2. The van der Waals surface area contributed by atoms with Gasteiger partial charge in [0.1, 0.15) is 0 Å². The van der Waals surface area contributed by atoms with Crippen LogP contribution in [0.25, 0.3) is 0 Å². The molecule has 5 nitrogen and oxygen atoms in total. The zero-order valence-corrected chi connectivity index (χ0v) is 9.98. The summed E-state index contributed by atoms with van der Waals surface area (Å²) in [5.74, 6) is 5.76. The largest absolute Gasteiger partial charge is 0.303 e. The molecule has 0 aliphatic carbocycles. The fraction of sp³-hybridized carbons (Fsp3) is 0.909. The van der Waals surface area contributed by atoms with Crippen molar-refractivity contribution < 1.29 is 4.79 Å². The molecule has 2 heterocycles. The van der Waals surface area contributed by atoms with Gasteiger partial charge in [-0.25, -0.2) is 5.84 Å². The molecule has 2 fully saturated rings. The van der Waals surface area contributed by atoms with Gasteiger partial charge in [0.15, 0.2) is 0 Å². The van der Waals surface area contributed by atoms with Crippen LogP contribution in [0.1, 0.15) is 19.3 Å². The molecule has 0 spiro atoms. The van der Waals surface area contributed by atoms with E-state index in [2.05, 4.69) is 22.3 Å². The van der Waals surface area contributed by atoms with Crippen LogP contribution >= 0.6 is 0 Å². The molecule has 2 atom stereocenters. The van der Waals surface area contributed by atoms with Crippen LogP contribution in [0.4, 0.5) is 0 Å². The number of nitrogens with zero attached hydrogens (tertiary/aromatic N) is 2. The van der Waals surface area contributed by atoms with E-state index in [-0.39, 0.29) is 5.91 Å². The average molecular weight is 226 g/mol. The Morgan fingerprint density at radius 1 is 1.44 bits per heavy atom. The lowest BCUT2D eigenvalue weighted by atomic mass is 9.84. The molecule has 0 aromatic carbocycles. The minimum Gasteiger partial charge on any atom is -0.303 e. The van der Waals surface area contributed by atoms with Crippen LogP contribution in [0.3, 0.4) is 0 Å². The Balaban J connectivity index is 1.87. The molecule has 1 amide bonds. The fourth-order valence-electron chi connectivity index (χ4n) is 3.12. The lowest BCUT2D eigenvalue weighted by molar-refractivity contribution is -0.123. The highest BCUT2D eigenvalue weighted by Crippen LogP contribution is 2.29. The van der Waals surface area contributed by atoms with Gasteiger partial charge in [0.25, 0.3) is 0 Å². The fourth-order valence-corrected chi connectivity index (χ4v) is 3.12. The highest BCUT2D eigenvalue weighted by molar-refractivity contribution is 5.77. The van der Waals surface area contributed by atoms with Crippen LogP contribution in [0, 0.1) is 5.92 Å². The van der Waals surface area contributed by atoms with E-state index in [4.69, 9.17) is 5.84 Å². The van der Waals surface area contributed by atoms with E-state index in [0.717, 1.165) is 25.0 Å². The van der Waals surface area contributed by atoms with Gasteiger partial charge in [-0.1, -0.05) is 0 Å². The van der Waals surface area contributed by atoms with Gasteiger partial charge < -0.3 is 4.90 Å². The molecule has 0 saturated carbocycles. The number of hydrogen-bond acceptors (Lipinski definition) is 4. The van der Waals surface area contributed by atoms with E-state index in [1.165, 1.54) is 25.8 Å². The van der Waals surface area contributed by atoms with Crippen molar-refractivity contribution in [3.05, 3.63) is 0 Å². The first-order valence-corrected chi connectivity index (χ1v) is 6.12. The number of nitrogens with two attached hydrogens (primary N) is 1. The first-order chi connectivity index (χ1) is 7.70. The molecule has 3 N–H and O–H groups in total. The molecule has 2 aliphatic heterocycles. The summed E-state index contributed by atoms with van der Waals surface area (Å²) in [7, 11) is 2.22. The zero-order chi connectivity index (χ0) is 11.5. The van der Waals surface area contributed by atoms with E-state index in [0.29, 0.717) is 6.54 Å². The minimum absolute atomic E-state index is 0.0809. The van der Waals surface area contributed by atoms with E-state index in [1.807, 2.05) is 0 Å². The van der Waals surface area contributed by atoms with Gasteiger partial charge >= 0.3 is 0 Å². The number of fused-ring (bicyclic) bond motifs is 1. The SMILES string of the molecule is CN1CCCC2CN(CC(=O)NN)CCC21. The van der Waals surface area contributed by atoms with Crippen LogP contribution in [0.2, 0.25) is 0 Å². The van der Waals surface area contributed by atoms with E-state index in [1.54, 1.807) is 0 Å². The predicted octanol–water partition coefficient (Wildman–Crippen LogP) is -0.608. The van der Waals surface area contributed by atoms with Crippen molar-refractivity contribution in [2.75, 3.05) is 33.2 Å². The molecule has 0 bridgehead atoms. The number of rotatable bonds is 2. The number of carbonyl (C=O) groups is 1. The molecular formula is C11H22N4O. The van der Waals surface area contributed by atoms with E-state index < -0.39 is 0 Å². The van der Waals surface area contributed by atoms with Crippen molar-refractivity contribution in [2.45, 2.75) is 25.3 Å². The quantitative estimate of drug-likeness (QED) is 0.375. The van der Waals surface area contributed by atoms with Gasteiger partial charge in [-0.2, -0.15) is 0 Å². The molecule has 2 unspecified atom stereocenters. The second-order valence-corrected chi connectivity index (χ2v) is 5.04. The number of nitrogens with one attached hydrogen (secondary N) is 1. The Morgan fingerprint density at radius 3 is 3.00 bits per heavy atom. The second kappa shape index (κ2) is 5.12. The van der Waals surface area contributed by atoms with Crippen molar-refractivity contribution >= 4 is 5.91 Å². The summed E-state index contributed by atoms with van der Waals surface area (Å²) in [5.41, 5.74) is 2.20. The molecule has 92 valence electrons. The van der Waals surface area contributed by atoms with Crippen LogP contribution in [0.5, 0.6) is 0 Å². The number of hydrogen-bond donors (Lipinski definition) is 2. The zero-order valence-electron chi connectivity index (χ0n) is 9.98. The Labute approximate surface area is 96.9 Å². The Bertz CT molecular complexity index is 258. The summed E-state index contributed by atoms with van der Waals surface area (Å²) in [6, 6.07) is 0.728. The lowest BCUT2D eigenvalue weighted by Crippen LogP contribution is -2.54. The number of carbonyl (C=O) groups excluding carboxylic acids is 1. The third-order valence-electron chi connectivity index (χ3n) is 3.96. The van der Waals surface area contributed by atoms with Crippen molar-refractivity contribution in [3.8, 4) is 0 Å². The smallest absolute Gasteiger partial charge is 0.248 e. The number of hydrazine groups is 1. The van der Waals surface area contributed by atoms with Crippen LogP contribution in [0.15, 0.2) is 0 Å². The summed E-state index contributed by atoms with van der Waals surface area (Å²) < 4.78 is 0. The Hall–Kier alpha value is -0.650. The molecule has 0 aromatic rings. The first-order valence-electron chi connectivity index (χ1n) is 6.12. The first kappa shape index (κ1) is 11.8. The van der Waals surface area contributed by atoms with Crippen LogP contribution < -0.4 is 11.3 Å². The molecule has 16 heavy (non-hydrogen) atoms. The van der Waals surface area contributed by atoms with Crippen molar-refractivity contribution in [3.63, 3.8) is 0 Å². The maximum Gasteiger partial charge on any atom is 0.248 e. The van der Waals surface area contributed by atoms with Crippen LogP contribution in [-0.4, -0.2) is 55.0 Å². The van der Waals surface area contributed by atoms with Gasteiger partial charge in [-0.15, -0.1) is 0 Å². The minimum atomic E-state index is -0.0809. The summed E-state index contributed by atoms with van der Waals surface area (Å²) in [6.07, 6.45) is 3.77. The van der Waals surface area contributed by atoms with Crippen molar-refractivity contribution in [1.82, 2.24) is 15.2 Å². The normalized spacial score (nSPS) is 32.1. The standard InChI is InChI=1S/C11H22N4O/c1-14-5-2-3-9-7-15(6-4-10(9)14)8-11(16)13-12/h9-10H,2-8,12H2,1H3,(H,13,16). The van der Waals surface area contributed by atoms with Gasteiger partial charge in [0.05, 0.1) is 6.54 Å². The second-order valence-electron chi connectivity index (χ2n) is 5.04. The lowest BCUT2D eigenvalue weighted by Gasteiger charge is -2.45. The number of likely N-dealkylation sites (tertiary alicyclic amines) is 2. The van der Waals surface area contributed by atoms with Gasteiger partial charge in [0.2, 0.25) is 5.91 Å². The predicted molar refractivity (Wildman–Crippen MR) is 62.5 cm³/mol. The third-order valence-corrected chi connectivity index (χ3v) is 3.96. The highest BCUT2D eigenvalue weighted by atomic mass is 16.2. The summed E-state index contributed by atoms with van der Waals surface area (Å²) in [4.78, 5) is 15.9. The molecule has 2 saturated heterocycles. The van der Waals surface area contributed by atoms with E-state index >= 15 is 0 Å². The molecular weight excluding hydrogens is 204 g/mol. The van der Waals surface area contributed by atoms with E-state index in [9.17, 15) is 4.79 Å². The molecule has 0 aromatic heterocycles. The Morgan fingerprint density at radius 2 is 2.25 bits per heavy atom. The average Bonchev–Trinajstić information content (AvgIpc) is 2.29. The van der Waals surface area contributed by atoms with Gasteiger partial charge in [-0.05, 0) is 38.8 Å². The Kier molecular flexibility index (Phi) is 3.78. The highest BCUT2D eigenvalue weighted by Gasteiger charge is 2.34. The molecule has 5 heteroatoms. The molecule has 2 rings (SSSR count). The monoisotopic (exact) mass is 226 g/mol. The summed E-state index contributed by atoms with van der Waals surface area (Å²) in [6.45, 7) is 3.73. The van der Waals surface area contributed by atoms with Gasteiger partial charge in [-0.3, -0.25) is 15.1 Å². The van der Waals surface area contributed by atoms with Crippen molar-refractivity contribution in [2.24, 2.45) is 11.8 Å². The third kappa shape index (κ3) is 2.53. The summed E-state index contributed by atoms with van der Waals surface area (Å²) >= 11 is 0. The topological polar surface area (TPSA) is 61.6 Å². The maximum atomic E-state index is 11.2. The summed E-state index contributed by atoms with van der Waals surface area (Å²) in [5, 5.41) is 0. The van der Waals surface area contributed by atoms with Gasteiger partial charge in [0, 0.05) is 19.1 Å². The maximum absolute atomic E-state index is 11.2. The van der Waals surface area contributed by atoms with Crippen molar-refractivity contribution in [1.29, 1.82) is 0 Å². The molecule has 0 radical (unpaired) electrons.